The molecule has 1 atom stereocenters. The second-order valence-corrected chi connectivity index (χ2v) is 6.87. The van der Waals surface area contributed by atoms with E-state index in [4.69, 9.17) is 14.6 Å². The third-order valence-electron chi connectivity index (χ3n) is 4.90. The second-order valence-electron chi connectivity index (χ2n) is 6.87. The van der Waals surface area contributed by atoms with E-state index in [0.29, 0.717) is 17.0 Å². The molecule has 0 aliphatic heterocycles. The van der Waals surface area contributed by atoms with Crippen molar-refractivity contribution in [3.63, 3.8) is 0 Å². The van der Waals surface area contributed by atoms with E-state index in [1.807, 2.05) is 49.5 Å². The molecular formula is C23H21N3O4. The molecule has 0 radical (unpaired) electrons. The lowest BCUT2D eigenvalue weighted by Crippen LogP contribution is -2.09. The van der Waals surface area contributed by atoms with E-state index in [-0.39, 0.29) is 5.69 Å². The van der Waals surface area contributed by atoms with E-state index >= 15 is 0 Å². The molecule has 0 bridgehead atoms. The van der Waals surface area contributed by atoms with Crippen LogP contribution in [-0.2, 0) is 4.74 Å². The first kappa shape index (κ1) is 19.6. The van der Waals surface area contributed by atoms with E-state index in [2.05, 4.69) is 4.98 Å². The predicted molar refractivity (Wildman–Crippen MR) is 112 cm³/mol. The Bertz CT molecular complexity index is 1220. The van der Waals surface area contributed by atoms with Gasteiger partial charge in [0.2, 0.25) is 0 Å². The first-order valence-corrected chi connectivity index (χ1v) is 9.38. The van der Waals surface area contributed by atoms with E-state index in [1.165, 1.54) is 7.11 Å². The van der Waals surface area contributed by atoms with Crippen molar-refractivity contribution < 1.29 is 19.4 Å². The Balaban J connectivity index is 1.89. The van der Waals surface area contributed by atoms with E-state index in [1.54, 1.807) is 29.8 Å². The van der Waals surface area contributed by atoms with Gasteiger partial charge in [0, 0.05) is 17.3 Å². The van der Waals surface area contributed by atoms with Gasteiger partial charge >= 0.3 is 5.97 Å². The zero-order valence-electron chi connectivity index (χ0n) is 16.9. The number of carbonyl (C=O) groups is 1. The van der Waals surface area contributed by atoms with Gasteiger partial charge in [-0.3, -0.25) is 0 Å². The number of aryl methyl sites for hydroxylation is 1. The van der Waals surface area contributed by atoms with E-state index in [0.717, 1.165) is 22.4 Å². The van der Waals surface area contributed by atoms with Crippen molar-refractivity contribution in [3.8, 4) is 17.0 Å². The highest BCUT2D eigenvalue weighted by atomic mass is 16.5. The highest BCUT2D eigenvalue weighted by Crippen LogP contribution is 2.35. The number of rotatable bonds is 5. The summed E-state index contributed by atoms with van der Waals surface area (Å²) in [6.45, 7) is 1.98. The van der Waals surface area contributed by atoms with Gasteiger partial charge in [-0.1, -0.05) is 12.1 Å². The number of benzene rings is 1. The van der Waals surface area contributed by atoms with Crippen molar-refractivity contribution in [1.29, 1.82) is 0 Å². The number of methoxy groups -OCH3 is 2. The molecule has 0 saturated carbocycles. The Hall–Kier alpha value is -3.71. The molecule has 152 valence electrons. The molecule has 3 heterocycles. The Labute approximate surface area is 173 Å². The van der Waals surface area contributed by atoms with Gasteiger partial charge in [0.05, 0.1) is 31.1 Å². The molecule has 0 spiro atoms. The maximum absolute atomic E-state index is 11.9. The van der Waals surface area contributed by atoms with Crippen LogP contribution < -0.4 is 4.74 Å². The summed E-state index contributed by atoms with van der Waals surface area (Å²) in [5.74, 6) is 0.169. The molecule has 30 heavy (non-hydrogen) atoms. The molecule has 0 aliphatic carbocycles. The molecule has 0 fully saturated rings. The molecule has 4 rings (SSSR count). The normalized spacial score (nSPS) is 12.0. The van der Waals surface area contributed by atoms with Crippen molar-refractivity contribution in [3.05, 3.63) is 83.3 Å². The zero-order valence-corrected chi connectivity index (χ0v) is 16.9. The number of hydrogen-bond acceptors (Lipinski definition) is 6. The van der Waals surface area contributed by atoms with Gasteiger partial charge in [-0.05, 0) is 55.0 Å². The number of aliphatic hydroxyl groups is 1. The number of aromatic nitrogens is 3. The summed E-state index contributed by atoms with van der Waals surface area (Å²) < 4.78 is 11.7. The zero-order chi connectivity index (χ0) is 21.3. The monoisotopic (exact) mass is 403 g/mol. The highest BCUT2D eigenvalue weighted by Gasteiger charge is 2.24. The van der Waals surface area contributed by atoms with Gasteiger partial charge in [0.15, 0.2) is 0 Å². The third-order valence-corrected chi connectivity index (χ3v) is 4.90. The number of pyridine rings is 2. The van der Waals surface area contributed by atoms with Crippen molar-refractivity contribution in [2.75, 3.05) is 14.2 Å². The maximum atomic E-state index is 11.9. The van der Waals surface area contributed by atoms with Crippen molar-refractivity contribution in [2.45, 2.75) is 13.0 Å². The summed E-state index contributed by atoms with van der Waals surface area (Å²) in [6, 6.07) is 16.2. The maximum Gasteiger partial charge on any atom is 0.356 e. The number of nitrogens with zero attached hydrogens (tertiary/aromatic N) is 3. The Morgan fingerprint density at radius 1 is 1.07 bits per heavy atom. The summed E-state index contributed by atoms with van der Waals surface area (Å²) in [6.07, 6.45) is 0.809. The molecule has 1 aromatic carbocycles. The van der Waals surface area contributed by atoms with Crippen LogP contribution >= 0.6 is 0 Å². The number of hydrogen-bond donors (Lipinski definition) is 1. The molecule has 4 aromatic rings. The quantitative estimate of drug-likeness (QED) is 0.513. The number of carbonyl (C=O) groups excluding carboxylic acids is 1. The average Bonchev–Trinajstić information content (AvgIpc) is 3.16. The summed E-state index contributed by atoms with van der Waals surface area (Å²) in [5, 5.41) is 16.0. The number of esters is 1. The van der Waals surface area contributed by atoms with Crippen molar-refractivity contribution >= 4 is 11.5 Å². The SMILES string of the molecule is COC(=O)c1cccc(C(O)c2c(-c3ccc(OC)cc3)nn3cc(C)ccc23)n1. The molecule has 3 aromatic heterocycles. The minimum Gasteiger partial charge on any atom is -0.497 e. The van der Waals surface area contributed by atoms with Crippen LogP contribution in [0.3, 0.4) is 0 Å². The van der Waals surface area contributed by atoms with E-state index in [9.17, 15) is 9.90 Å². The largest absolute Gasteiger partial charge is 0.497 e. The summed E-state index contributed by atoms with van der Waals surface area (Å²) in [7, 11) is 2.90. The summed E-state index contributed by atoms with van der Waals surface area (Å²) >= 11 is 0. The standard InChI is InChI=1S/C23H21N3O4/c1-14-7-12-19-20(22(27)17-5-4-6-18(24-17)23(28)30-3)21(25-26(19)13-14)15-8-10-16(29-2)11-9-15/h4-13,22,27H,1-3H3. The average molecular weight is 403 g/mol. The van der Waals surface area contributed by atoms with Crippen LogP contribution in [0.15, 0.2) is 60.8 Å². The van der Waals surface area contributed by atoms with Gasteiger partial charge in [0.1, 0.15) is 17.5 Å². The number of aliphatic hydroxyl groups excluding tert-OH is 1. The van der Waals surface area contributed by atoms with Crippen LogP contribution in [0.25, 0.3) is 16.8 Å². The molecule has 1 unspecified atom stereocenters. The van der Waals surface area contributed by atoms with Crippen LogP contribution in [0.1, 0.15) is 33.4 Å². The Morgan fingerprint density at radius 2 is 1.83 bits per heavy atom. The third kappa shape index (κ3) is 3.51. The van der Waals surface area contributed by atoms with Crippen LogP contribution in [0, 0.1) is 6.92 Å². The van der Waals surface area contributed by atoms with Gasteiger partial charge in [-0.15, -0.1) is 0 Å². The van der Waals surface area contributed by atoms with E-state index < -0.39 is 12.1 Å². The van der Waals surface area contributed by atoms with Crippen LogP contribution in [-0.4, -0.2) is 39.9 Å². The highest BCUT2D eigenvalue weighted by molar-refractivity contribution is 5.87. The lowest BCUT2D eigenvalue weighted by atomic mass is 9.99. The number of fused-ring (bicyclic) bond motifs is 1. The van der Waals surface area contributed by atoms with Crippen molar-refractivity contribution in [1.82, 2.24) is 14.6 Å². The molecular weight excluding hydrogens is 382 g/mol. The molecule has 1 N–H and O–H groups in total. The smallest absolute Gasteiger partial charge is 0.356 e. The second kappa shape index (κ2) is 7.96. The van der Waals surface area contributed by atoms with Crippen LogP contribution in [0.4, 0.5) is 0 Å². The topological polar surface area (TPSA) is 86.0 Å². The lowest BCUT2D eigenvalue weighted by Gasteiger charge is -2.13. The Kier molecular flexibility index (Phi) is 5.20. The minimum atomic E-state index is -1.09. The molecule has 0 saturated heterocycles. The molecule has 7 heteroatoms. The molecule has 7 nitrogen and oxygen atoms in total. The minimum absolute atomic E-state index is 0.132. The lowest BCUT2D eigenvalue weighted by molar-refractivity contribution is 0.0593. The van der Waals surface area contributed by atoms with Gasteiger partial charge in [-0.25, -0.2) is 14.3 Å². The van der Waals surface area contributed by atoms with Gasteiger partial charge in [0.25, 0.3) is 0 Å². The Morgan fingerprint density at radius 3 is 2.53 bits per heavy atom. The predicted octanol–water partition coefficient (Wildman–Crippen LogP) is 3.58. The first-order valence-electron chi connectivity index (χ1n) is 9.38. The fourth-order valence-electron chi connectivity index (χ4n) is 3.37. The van der Waals surface area contributed by atoms with Crippen molar-refractivity contribution in [2.24, 2.45) is 0 Å². The number of ether oxygens (including phenoxy) is 2. The molecule has 0 aliphatic rings. The summed E-state index contributed by atoms with van der Waals surface area (Å²) in [4.78, 5) is 16.2. The van der Waals surface area contributed by atoms with Crippen LogP contribution in [0.5, 0.6) is 5.75 Å². The summed E-state index contributed by atoms with van der Waals surface area (Å²) in [5.41, 5.74) is 4.32. The fraction of sp³-hybridized carbons (Fsp3) is 0.174. The van der Waals surface area contributed by atoms with Crippen LogP contribution in [0.2, 0.25) is 0 Å². The molecule has 0 amide bonds. The first-order chi connectivity index (χ1) is 14.5. The van der Waals surface area contributed by atoms with Gasteiger partial charge < -0.3 is 14.6 Å². The fourth-order valence-corrected chi connectivity index (χ4v) is 3.37. The van der Waals surface area contributed by atoms with Gasteiger partial charge in [-0.2, -0.15) is 5.10 Å².